The highest BCUT2D eigenvalue weighted by molar-refractivity contribution is 5.99. The van der Waals surface area contributed by atoms with E-state index in [0.29, 0.717) is 6.42 Å². The molecule has 0 spiro atoms. The average Bonchev–Trinajstić information content (AvgIpc) is 3.24. The Kier molecular flexibility index (Phi) is 8.57. The van der Waals surface area contributed by atoms with Crippen LogP contribution in [0, 0.1) is 11.8 Å². The number of carbonyl (C=O) groups excluding carboxylic acids is 4. The molecule has 2 rings (SSSR count). The molecule has 0 bridgehead atoms. The summed E-state index contributed by atoms with van der Waals surface area (Å²) in [6, 6.07) is -0.614. The molecule has 0 aliphatic carbocycles. The molecule has 33 heavy (non-hydrogen) atoms. The Balaban J connectivity index is 2.17. The van der Waals surface area contributed by atoms with Gasteiger partial charge in [-0.2, -0.15) is 13.2 Å². The normalized spacial score (nSPS) is 18.2. The van der Waals surface area contributed by atoms with E-state index in [1.807, 2.05) is 0 Å². The van der Waals surface area contributed by atoms with Crippen LogP contribution in [0.2, 0.25) is 0 Å². The Bertz CT molecular complexity index is 874. The van der Waals surface area contributed by atoms with Crippen LogP contribution in [0.5, 0.6) is 0 Å². The molecule has 0 aromatic carbocycles. The summed E-state index contributed by atoms with van der Waals surface area (Å²) in [6.45, 7) is 6.47. The first-order valence-corrected chi connectivity index (χ1v) is 10.8. The van der Waals surface area contributed by atoms with Gasteiger partial charge in [-0.15, -0.1) is 0 Å². The van der Waals surface area contributed by atoms with Crippen LogP contribution in [0.4, 0.5) is 13.2 Å². The first kappa shape index (κ1) is 26.3. The first-order chi connectivity index (χ1) is 15.3. The number of nitrogens with one attached hydrogen (secondary N) is 2. The quantitative estimate of drug-likeness (QED) is 0.605. The van der Waals surface area contributed by atoms with Crippen LogP contribution in [0.25, 0.3) is 0 Å². The number of pyridine rings is 1. The highest BCUT2D eigenvalue weighted by Crippen LogP contribution is 2.24. The Labute approximate surface area is 190 Å². The van der Waals surface area contributed by atoms with Crippen molar-refractivity contribution >= 4 is 23.5 Å². The molecule has 1 aromatic rings. The van der Waals surface area contributed by atoms with Gasteiger partial charge in [-0.05, 0) is 36.8 Å². The number of ketones is 1. The van der Waals surface area contributed by atoms with E-state index < -0.39 is 53.7 Å². The number of amides is 3. The third-order valence-electron chi connectivity index (χ3n) is 5.51. The van der Waals surface area contributed by atoms with Crippen molar-refractivity contribution in [2.75, 3.05) is 6.54 Å². The van der Waals surface area contributed by atoms with Gasteiger partial charge in [-0.3, -0.25) is 24.2 Å². The van der Waals surface area contributed by atoms with Crippen LogP contribution in [0.3, 0.4) is 0 Å². The molecule has 1 aromatic heterocycles. The molecule has 1 aliphatic heterocycles. The molecule has 1 unspecified atom stereocenters. The predicted octanol–water partition coefficient (Wildman–Crippen LogP) is 2.10. The topological polar surface area (TPSA) is 108 Å². The first-order valence-electron chi connectivity index (χ1n) is 10.8. The summed E-state index contributed by atoms with van der Waals surface area (Å²) < 4.78 is 38.8. The minimum atomic E-state index is -5.09. The maximum absolute atomic E-state index is 13.3. The number of hydrogen-bond acceptors (Lipinski definition) is 5. The zero-order chi connectivity index (χ0) is 24.9. The zero-order valence-electron chi connectivity index (χ0n) is 19.0. The minimum Gasteiger partial charge on any atom is -0.344 e. The second-order valence-corrected chi connectivity index (χ2v) is 8.72. The summed E-state index contributed by atoms with van der Waals surface area (Å²) in [5.74, 6) is -4.99. The Morgan fingerprint density at radius 2 is 1.70 bits per heavy atom. The van der Waals surface area contributed by atoms with E-state index in [0.717, 1.165) is 0 Å². The molecule has 8 nitrogen and oxygen atoms in total. The highest BCUT2D eigenvalue weighted by Gasteiger charge is 2.46. The van der Waals surface area contributed by atoms with E-state index in [1.54, 1.807) is 26.0 Å². The number of halogens is 3. The van der Waals surface area contributed by atoms with Gasteiger partial charge < -0.3 is 15.5 Å². The lowest BCUT2D eigenvalue weighted by Crippen LogP contribution is -2.58. The number of hydrogen-bond donors (Lipinski definition) is 2. The average molecular weight is 470 g/mol. The number of aromatic nitrogens is 1. The van der Waals surface area contributed by atoms with Crippen molar-refractivity contribution in [3.05, 3.63) is 30.1 Å². The van der Waals surface area contributed by atoms with E-state index in [2.05, 4.69) is 15.6 Å². The molecule has 3 amide bonds. The molecule has 3 atom stereocenters. The van der Waals surface area contributed by atoms with Crippen molar-refractivity contribution in [3.63, 3.8) is 0 Å². The summed E-state index contributed by atoms with van der Waals surface area (Å²) in [7, 11) is 0. The van der Waals surface area contributed by atoms with Crippen LogP contribution in [0.1, 0.15) is 50.9 Å². The zero-order valence-corrected chi connectivity index (χ0v) is 19.0. The predicted molar refractivity (Wildman–Crippen MR) is 113 cm³/mol. The van der Waals surface area contributed by atoms with Gasteiger partial charge in [0.25, 0.3) is 11.7 Å². The number of alkyl halides is 3. The van der Waals surface area contributed by atoms with Gasteiger partial charge in [0.15, 0.2) is 0 Å². The number of likely N-dealkylation sites (tertiary alicyclic amines) is 1. The van der Waals surface area contributed by atoms with E-state index >= 15 is 0 Å². The molecule has 1 fully saturated rings. The molecule has 2 heterocycles. The Morgan fingerprint density at radius 1 is 1.06 bits per heavy atom. The van der Waals surface area contributed by atoms with E-state index in [-0.39, 0.29) is 24.4 Å². The molecular weight excluding hydrogens is 441 g/mol. The summed E-state index contributed by atoms with van der Waals surface area (Å²) >= 11 is 0. The van der Waals surface area contributed by atoms with Crippen molar-refractivity contribution < 1.29 is 32.3 Å². The molecule has 0 radical (unpaired) electrons. The highest BCUT2D eigenvalue weighted by atomic mass is 19.4. The van der Waals surface area contributed by atoms with Gasteiger partial charge in [0.1, 0.15) is 12.1 Å². The molecule has 1 aliphatic rings. The van der Waals surface area contributed by atoms with Crippen molar-refractivity contribution in [3.8, 4) is 0 Å². The van der Waals surface area contributed by atoms with Gasteiger partial charge in [-0.1, -0.05) is 27.7 Å². The van der Waals surface area contributed by atoms with E-state index in [9.17, 15) is 32.3 Å². The fourth-order valence-corrected chi connectivity index (χ4v) is 3.68. The van der Waals surface area contributed by atoms with Crippen molar-refractivity contribution in [2.45, 2.75) is 64.8 Å². The molecular formula is C22H29F3N4O4. The molecule has 1 saturated heterocycles. The SMILES string of the molecule is CC(C)C(NC(=O)[C@@H]1CCCN1C(=O)[C@@H](NC(=O)c1cccnc1)C(C)C)C(=O)C(F)(F)F. The van der Waals surface area contributed by atoms with Gasteiger partial charge >= 0.3 is 6.18 Å². The fourth-order valence-electron chi connectivity index (χ4n) is 3.68. The lowest BCUT2D eigenvalue weighted by molar-refractivity contribution is -0.175. The molecule has 182 valence electrons. The fraction of sp³-hybridized carbons (Fsp3) is 0.591. The number of Topliss-reactive ketones (excluding diaryl/α,β-unsaturated/α-hetero) is 1. The largest absolute Gasteiger partial charge is 0.452 e. The van der Waals surface area contributed by atoms with Crippen LogP contribution < -0.4 is 10.6 Å². The summed E-state index contributed by atoms with van der Waals surface area (Å²) in [6.07, 6.45) is -1.53. The van der Waals surface area contributed by atoms with Gasteiger partial charge in [-0.25, -0.2) is 0 Å². The van der Waals surface area contributed by atoms with Crippen molar-refractivity contribution in [1.29, 1.82) is 0 Å². The standard InChI is InChI=1S/C22H29F3N4O4/c1-12(2)16(18(30)22(23,24)25)27-20(32)15-8-6-10-29(15)21(33)17(13(3)4)28-19(31)14-7-5-9-26-11-14/h5,7,9,11-13,15-17H,6,8,10H2,1-4H3,(H,27,32)(H,28,31)/t15-,16?,17-/m0/s1. The van der Waals surface area contributed by atoms with Crippen molar-refractivity contribution in [2.24, 2.45) is 11.8 Å². The van der Waals surface area contributed by atoms with Crippen LogP contribution in [-0.2, 0) is 14.4 Å². The maximum atomic E-state index is 13.3. The smallest absolute Gasteiger partial charge is 0.344 e. The number of nitrogens with zero attached hydrogens (tertiary/aromatic N) is 2. The van der Waals surface area contributed by atoms with Gasteiger partial charge in [0.2, 0.25) is 11.8 Å². The molecule has 0 saturated carbocycles. The molecule has 2 N–H and O–H groups in total. The number of rotatable bonds is 8. The lowest BCUT2D eigenvalue weighted by atomic mass is 9.98. The van der Waals surface area contributed by atoms with Crippen molar-refractivity contribution in [1.82, 2.24) is 20.5 Å². The van der Waals surface area contributed by atoms with Crippen LogP contribution in [0.15, 0.2) is 24.5 Å². The van der Waals surface area contributed by atoms with Crippen LogP contribution >= 0.6 is 0 Å². The third-order valence-corrected chi connectivity index (χ3v) is 5.51. The van der Waals surface area contributed by atoms with Crippen LogP contribution in [-0.4, -0.2) is 64.2 Å². The van der Waals surface area contributed by atoms with E-state index in [1.165, 1.54) is 31.1 Å². The summed E-state index contributed by atoms with van der Waals surface area (Å²) in [5, 5.41) is 4.85. The number of carbonyl (C=O) groups is 4. The summed E-state index contributed by atoms with van der Waals surface area (Å²) in [4.78, 5) is 55.5. The van der Waals surface area contributed by atoms with E-state index in [4.69, 9.17) is 0 Å². The Hall–Kier alpha value is -2.98. The Morgan fingerprint density at radius 3 is 2.21 bits per heavy atom. The lowest BCUT2D eigenvalue weighted by Gasteiger charge is -2.31. The maximum Gasteiger partial charge on any atom is 0.452 e. The minimum absolute atomic E-state index is 0.211. The van der Waals surface area contributed by atoms with Gasteiger partial charge in [0.05, 0.1) is 11.6 Å². The molecule has 11 heteroatoms. The second kappa shape index (κ2) is 10.8. The summed E-state index contributed by atoms with van der Waals surface area (Å²) in [5.41, 5.74) is 0.261. The second-order valence-electron chi connectivity index (χ2n) is 8.72. The third kappa shape index (κ3) is 6.52. The van der Waals surface area contributed by atoms with Gasteiger partial charge in [0, 0.05) is 18.9 Å². The monoisotopic (exact) mass is 470 g/mol.